The predicted molar refractivity (Wildman–Crippen MR) is 71.0 cm³/mol. The van der Waals surface area contributed by atoms with Gasteiger partial charge in [-0.15, -0.1) is 0 Å². The first-order valence-electron chi connectivity index (χ1n) is 7.06. The third-order valence-electron chi connectivity index (χ3n) is 4.94. The average molecular weight is 263 g/mol. The summed E-state index contributed by atoms with van der Waals surface area (Å²) in [6, 6.07) is 1.82. The van der Waals surface area contributed by atoms with Crippen molar-refractivity contribution in [2.75, 3.05) is 13.1 Å². The number of nitrogens with zero attached hydrogens (tertiary/aromatic N) is 1. The quantitative estimate of drug-likeness (QED) is 0.845. The molecular weight excluding hydrogens is 242 g/mol. The molecule has 2 heterocycles. The van der Waals surface area contributed by atoms with Gasteiger partial charge in [-0.05, 0) is 51.0 Å². The fourth-order valence-corrected chi connectivity index (χ4v) is 3.43. The van der Waals surface area contributed by atoms with Crippen molar-refractivity contribution >= 4 is 5.91 Å². The molecule has 1 unspecified atom stereocenters. The van der Waals surface area contributed by atoms with E-state index in [4.69, 9.17) is 4.42 Å². The first kappa shape index (κ1) is 12.7. The lowest BCUT2D eigenvalue weighted by Crippen LogP contribution is -2.53. The standard InChI is InChI=1S/C15H21NO3/c1-10-9-12(11(2)19-10)14(18)16-7-5-15(6-8-16)4-3-13(15)17/h9,13,17H,3-8H2,1-2H3. The SMILES string of the molecule is Cc1cc(C(=O)N2CCC3(CCC3O)CC2)c(C)o1. The molecule has 4 nitrogen and oxygen atoms in total. The second kappa shape index (κ2) is 4.37. The number of furan rings is 1. The van der Waals surface area contributed by atoms with E-state index in [2.05, 4.69) is 0 Å². The van der Waals surface area contributed by atoms with E-state index < -0.39 is 0 Å². The van der Waals surface area contributed by atoms with Crippen molar-refractivity contribution in [1.82, 2.24) is 4.90 Å². The number of aryl methyl sites for hydroxylation is 2. The predicted octanol–water partition coefficient (Wildman–Crippen LogP) is 2.27. The Morgan fingerprint density at radius 2 is 2.05 bits per heavy atom. The Bertz CT molecular complexity index is 497. The molecule has 1 aromatic rings. The summed E-state index contributed by atoms with van der Waals surface area (Å²) in [7, 11) is 0. The molecule has 1 spiro atoms. The van der Waals surface area contributed by atoms with E-state index in [0.717, 1.165) is 44.5 Å². The number of hydrogen-bond donors (Lipinski definition) is 1. The van der Waals surface area contributed by atoms with Crippen LogP contribution in [0.1, 0.15) is 47.6 Å². The van der Waals surface area contributed by atoms with Crippen LogP contribution in [0.25, 0.3) is 0 Å². The highest BCUT2D eigenvalue weighted by Crippen LogP contribution is 2.49. The molecule has 0 aromatic carbocycles. The molecule has 1 aliphatic heterocycles. The van der Waals surface area contributed by atoms with E-state index in [-0.39, 0.29) is 17.4 Å². The van der Waals surface area contributed by atoms with E-state index in [0.29, 0.717) is 11.3 Å². The molecule has 2 aliphatic rings. The number of carbonyl (C=O) groups excluding carboxylic acids is 1. The highest BCUT2D eigenvalue weighted by atomic mass is 16.3. The van der Waals surface area contributed by atoms with Crippen molar-refractivity contribution in [3.05, 3.63) is 23.2 Å². The van der Waals surface area contributed by atoms with Gasteiger partial charge in [-0.1, -0.05) is 0 Å². The van der Waals surface area contributed by atoms with Gasteiger partial charge < -0.3 is 14.4 Å². The number of aliphatic hydroxyl groups is 1. The number of carbonyl (C=O) groups is 1. The second-order valence-corrected chi connectivity index (χ2v) is 6.04. The van der Waals surface area contributed by atoms with E-state index in [9.17, 15) is 9.90 Å². The van der Waals surface area contributed by atoms with Gasteiger partial charge in [-0.2, -0.15) is 0 Å². The molecule has 19 heavy (non-hydrogen) atoms. The van der Waals surface area contributed by atoms with Gasteiger partial charge in [0.15, 0.2) is 0 Å². The summed E-state index contributed by atoms with van der Waals surface area (Å²) in [5.74, 6) is 1.55. The van der Waals surface area contributed by atoms with Crippen LogP contribution in [0.4, 0.5) is 0 Å². The number of rotatable bonds is 1. The highest BCUT2D eigenvalue weighted by molar-refractivity contribution is 5.95. The Balaban J connectivity index is 1.68. The van der Waals surface area contributed by atoms with Crippen molar-refractivity contribution in [1.29, 1.82) is 0 Å². The van der Waals surface area contributed by atoms with E-state index in [1.54, 1.807) is 0 Å². The summed E-state index contributed by atoms with van der Waals surface area (Å²) in [5, 5.41) is 9.89. The third kappa shape index (κ3) is 1.98. The summed E-state index contributed by atoms with van der Waals surface area (Å²) in [6.07, 6.45) is 3.74. The molecule has 1 atom stereocenters. The maximum absolute atomic E-state index is 12.4. The third-order valence-corrected chi connectivity index (χ3v) is 4.94. The molecule has 0 bridgehead atoms. The van der Waals surface area contributed by atoms with Crippen molar-refractivity contribution in [2.45, 2.75) is 45.6 Å². The zero-order chi connectivity index (χ0) is 13.6. The van der Waals surface area contributed by atoms with E-state index >= 15 is 0 Å². The molecule has 4 heteroatoms. The van der Waals surface area contributed by atoms with Crippen LogP contribution in [0.15, 0.2) is 10.5 Å². The summed E-state index contributed by atoms with van der Waals surface area (Å²) in [4.78, 5) is 14.3. The largest absolute Gasteiger partial charge is 0.466 e. The zero-order valence-electron chi connectivity index (χ0n) is 11.6. The van der Waals surface area contributed by atoms with Crippen molar-refractivity contribution in [3.8, 4) is 0 Å². The Morgan fingerprint density at radius 3 is 2.47 bits per heavy atom. The zero-order valence-corrected chi connectivity index (χ0v) is 11.6. The lowest BCUT2D eigenvalue weighted by Gasteiger charge is -2.51. The molecule has 1 aromatic heterocycles. The van der Waals surface area contributed by atoms with Crippen LogP contribution >= 0.6 is 0 Å². The normalized spacial score (nSPS) is 25.4. The van der Waals surface area contributed by atoms with Gasteiger partial charge >= 0.3 is 0 Å². The molecule has 1 N–H and O–H groups in total. The first-order chi connectivity index (χ1) is 9.02. The van der Waals surface area contributed by atoms with Crippen molar-refractivity contribution in [2.24, 2.45) is 5.41 Å². The molecule has 2 fully saturated rings. The molecule has 1 saturated heterocycles. The van der Waals surface area contributed by atoms with Gasteiger partial charge in [0.2, 0.25) is 0 Å². The van der Waals surface area contributed by atoms with E-state index in [1.165, 1.54) is 0 Å². The minimum atomic E-state index is -0.150. The summed E-state index contributed by atoms with van der Waals surface area (Å²) < 4.78 is 5.43. The number of aliphatic hydroxyl groups excluding tert-OH is 1. The van der Waals surface area contributed by atoms with Gasteiger partial charge in [-0.25, -0.2) is 0 Å². The lowest BCUT2D eigenvalue weighted by molar-refractivity contribution is -0.0952. The monoisotopic (exact) mass is 263 g/mol. The minimum Gasteiger partial charge on any atom is -0.466 e. The molecule has 1 aliphatic carbocycles. The van der Waals surface area contributed by atoms with Crippen LogP contribution in [0.3, 0.4) is 0 Å². The van der Waals surface area contributed by atoms with Crippen LogP contribution in [0, 0.1) is 19.3 Å². The summed E-state index contributed by atoms with van der Waals surface area (Å²) >= 11 is 0. The van der Waals surface area contributed by atoms with Crippen LogP contribution < -0.4 is 0 Å². The first-order valence-corrected chi connectivity index (χ1v) is 7.06. The van der Waals surface area contributed by atoms with Gasteiger partial charge in [-0.3, -0.25) is 4.79 Å². The summed E-state index contributed by atoms with van der Waals surface area (Å²) in [5.41, 5.74) is 0.792. The molecular formula is C15H21NO3. The van der Waals surface area contributed by atoms with E-state index in [1.807, 2.05) is 24.8 Å². The van der Waals surface area contributed by atoms with Gasteiger partial charge in [0.05, 0.1) is 11.7 Å². The number of amides is 1. The average Bonchev–Trinajstić information content (AvgIpc) is 2.75. The Morgan fingerprint density at radius 1 is 1.37 bits per heavy atom. The number of hydrogen-bond acceptors (Lipinski definition) is 3. The topological polar surface area (TPSA) is 53.7 Å². The fraction of sp³-hybridized carbons (Fsp3) is 0.667. The molecule has 104 valence electrons. The summed E-state index contributed by atoms with van der Waals surface area (Å²) in [6.45, 7) is 5.19. The van der Waals surface area contributed by atoms with Crippen LogP contribution in [-0.2, 0) is 0 Å². The van der Waals surface area contributed by atoms with Crippen LogP contribution in [0.2, 0.25) is 0 Å². The molecule has 3 rings (SSSR count). The molecule has 0 radical (unpaired) electrons. The van der Waals surface area contributed by atoms with Gasteiger partial charge in [0.25, 0.3) is 5.91 Å². The number of piperidine rings is 1. The smallest absolute Gasteiger partial charge is 0.257 e. The number of likely N-dealkylation sites (tertiary alicyclic amines) is 1. The van der Waals surface area contributed by atoms with Gasteiger partial charge in [0, 0.05) is 13.1 Å². The minimum absolute atomic E-state index is 0.0676. The second-order valence-electron chi connectivity index (χ2n) is 6.04. The van der Waals surface area contributed by atoms with Gasteiger partial charge in [0.1, 0.15) is 11.5 Å². The Labute approximate surface area is 113 Å². The maximum atomic E-state index is 12.4. The van der Waals surface area contributed by atoms with Crippen molar-refractivity contribution < 1.29 is 14.3 Å². The Hall–Kier alpha value is -1.29. The maximum Gasteiger partial charge on any atom is 0.257 e. The van der Waals surface area contributed by atoms with Crippen LogP contribution in [0.5, 0.6) is 0 Å². The van der Waals surface area contributed by atoms with Crippen LogP contribution in [-0.4, -0.2) is 35.1 Å². The lowest BCUT2D eigenvalue weighted by atomic mass is 9.61. The highest BCUT2D eigenvalue weighted by Gasteiger charge is 2.47. The molecule has 1 amide bonds. The Kier molecular flexibility index (Phi) is 2.93. The fourth-order valence-electron chi connectivity index (χ4n) is 3.43. The van der Waals surface area contributed by atoms with Crippen molar-refractivity contribution in [3.63, 3.8) is 0 Å². The molecule has 1 saturated carbocycles.